The predicted molar refractivity (Wildman–Crippen MR) is 90.9 cm³/mol. The summed E-state index contributed by atoms with van der Waals surface area (Å²) in [6, 6.07) is 11.3. The molecule has 1 saturated carbocycles. The molecule has 0 radical (unpaired) electrons. The molecule has 1 aliphatic carbocycles. The molecular weight excluding hydrogens is 304 g/mol. The molecule has 2 rings (SSSR count). The van der Waals surface area contributed by atoms with Crippen molar-refractivity contribution in [2.45, 2.75) is 44.2 Å². The maximum absolute atomic E-state index is 12.8. The third-order valence-corrected chi connectivity index (χ3v) is 4.42. The molecule has 24 heavy (non-hydrogen) atoms. The van der Waals surface area contributed by atoms with Crippen LogP contribution in [0.25, 0.3) is 0 Å². The quantitative estimate of drug-likeness (QED) is 0.839. The van der Waals surface area contributed by atoms with Crippen LogP contribution in [0.2, 0.25) is 0 Å². The van der Waals surface area contributed by atoms with Gasteiger partial charge in [0.25, 0.3) is 0 Å². The van der Waals surface area contributed by atoms with Crippen molar-refractivity contribution in [2.75, 3.05) is 13.6 Å². The first-order valence-electron chi connectivity index (χ1n) is 8.30. The number of carbonyl (C=O) groups is 2. The van der Waals surface area contributed by atoms with E-state index in [9.17, 15) is 9.59 Å². The number of nitrogens with zero attached hydrogens (tertiary/aromatic N) is 2. The third kappa shape index (κ3) is 4.48. The van der Waals surface area contributed by atoms with Gasteiger partial charge in [-0.05, 0) is 18.4 Å². The van der Waals surface area contributed by atoms with E-state index in [2.05, 4.69) is 10.6 Å². The van der Waals surface area contributed by atoms with Crippen molar-refractivity contribution in [1.82, 2.24) is 15.5 Å². The van der Waals surface area contributed by atoms with Gasteiger partial charge in [0.05, 0.1) is 12.5 Å². The van der Waals surface area contributed by atoms with Gasteiger partial charge in [-0.15, -0.1) is 0 Å². The van der Waals surface area contributed by atoms with E-state index in [4.69, 9.17) is 5.26 Å². The van der Waals surface area contributed by atoms with Crippen LogP contribution in [0.15, 0.2) is 30.3 Å². The topological polar surface area (TPSA) is 85.2 Å². The van der Waals surface area contributed by atoms with Gasteiger partial charge in [-0.1, -0.05) is 43.2 Å². The summed E-state index contributed by atoms with van der Waals surface area (Å²) in [5, 5.41) is 14.4. The summed E-state index contributed by atoms with van der Waals surface area (Å²) in [6.45, 7) is 0.797. The Kier molecular flexibility index (Phi) is 6.19. The standard InChI is InChI=1S/C18H24N4O2/c1-22(13-7-12-19)16(23)18(10-5-6-11-18)21-17(24)20-14-15-8-3-2-4-9-15/h2-4,8-9H,5-7,10-11,13-14H2,1H3,(H2,20,21,24). The highest BCUT2D eigenvalue weighted by Gasteiger charge is 2.43. The van der Waals surface area contributed by atoms with Crippen molar-refractivity contribution in [3.05, 3.63) is 35.9 Å². The van der Waals surface area contributed by atoms with Crippen LogP contribution < -0.4 is 10.6 Å². The molecule has 128 valence electrons. The molecule has 0 heterocycles. The first-order chi connectivity index (χ1) is 11.6. The smallest absolute Gasteiger partial charge is 0.315 e. The van der Waals surface area contributed by atoms with Crippen LogP contribution in [0.5, 0.6) is 0 Å². The second-order valence-electron chi connectivity index (χ2n) is 6.22. The van der Waals surface area contributed by atoms with Crippen molar-refractivity contribution in [3.63, 3.8) is 0 Å². The summed E-state index contributed by atoms with van der Waals surface area (Å²) >= 11 is 0. The maximum Gasteiger partial charge on any atom is 0.315 e. The number of nitrogens with one attached hydrogen (secondary N) is 2. The fourth-order valence-electron chi connectivity index (χ4n) is 3.10. The van der Waals surface area contributed by atoms with Gasteiger partial charge in [0.2, 0.25) is 5.91 Å². The molecule has 3 amide bonds. The first-order valence-corrected chi connectivity index (χ1v) is 8.30. The lowest BCUT2D eigenvalue weighted by atomic mass is 9.95. The van der Waals surface area contributed by atoms with Crippen LogP contribution >= 0.6 is 0 Å². The van der Waals surface area contributed by atoms with E-state index in [1.165, 1.54) is 0 Å². The Hall–Kier alpha value is -2.55. The zero-order chi connectivity index (χ0) is 17.4. The van der Waals surface area contributed by atoms with Crippen molar-refractivity contribution in [3.8, 4) is 6.07 Å². The molecule has 1 aromatic carbocycles. The van der Waals surface area contributed by atoms with Gasteiger partial charge in [-0.25, -0.2) is 4.79 Å². The lowest BCUT2D eigenvalue weighted by Crippen LogP contribution is -2.59. The first kappa shape index (κ1) is 17.8. The minimum atomic E-state index is -0.842. The lowest BCUT2D eigenvalue weighted by molar-refractivity contribution is -0.136. The van der Waals surface area contributed by atoms with E-state index in [-0.39, 0.29) is 11.9 Å². The Balaban J connectivity index is 1.95. The van der Waals surface area contributed by atoms with Crippen LogP contribution in [0.3, 0.4) is 0 Å². The Labute approximate surface area is 142 Å². The van der Waals surface area contributed by atoms with E-state index in [0.29, 0.717) is 32.4 Å². The van der Waals surface area contributed by atoms with Gasteiger partial charge < -0.3 is 15.5 Å². The van der Waals surface area contributed by atoms with Gasteiger partial charge in [0.15, 0.2) is 0 Å². The van der Waals surface area contributed by atoms with Crippen LogP contribution in [-0.4, -0.2) is 36.0 Å². The molecule has 1 fully saturated rings. The predicted octanol–water partition coefficient (Wildman–Crippen LogP) is 2.17. The number of nitriles is 1. The molecule has 6 nitrogen and oxygen atoms in total. The molecule has 6 heteroatoms. The summed E-state index contributed by atoms with van der Waals surface area (Å²) in [5.41, 5.74) is 0.163. The highest BCUT2D eigenvalue weighted by Crippen LogP contribution is 2.31. The number of carbonyl (C=O) groups excluding carboxylic acids is 2. The molecule has 0 spiro atoms. The number of benzene rings is 1. The van der Waals surface area contributed by atoms with Gasteiger partial charge in [0, 0.05) is 20.1 Å². The van der Waals surface area contributed by atoms with E-state index in [1.54, 1.807) is 11.9 Å². The summed E-state index contributed by atoms with van der Waals surface area (Å²) in [4.78, 5) is 26.6. The molecule has 0 aliphatic heterocycles. The van der Waals surface area contributed by atoms with E-state index < -0.39 is 5.54 Å². The second kappa shape index (κ2) is 8.34. The highest BCUT2D eigenvalue weighted by atomic mass is 16.2. The molecular formula is C18H24N4O2. The Morgan fingerprint density at radius 2 is 1.92 bits per heavy atom. The monoisotopic (exact) mass is 328 g/mol. The minimum absolute atomic E-state index is 0.106. The van der Waals surface area contributed by atoms with Crippen LogP contribution in [0.1, 0.15) is 37.7 Å². The van der Waals surface area contributed by atoms with Crippen LogP contribution in [0, 0.1) is 11.3 Å². The summed E-state index contributed by atoms with van der Waals surface area (Å²) in [6.07, 6.45) is 3.40. The number of rotatable bonds is 6. The minimum Gasteiger partial charge on any atom is -0.343 e. The summed E-state index contributed by atoms with van der Waals surface area (Å²) in [7, 11) is 1.68. The van der Waals surface area contributed by atoms with Crippen molar-refractivity contribution in [2.24, 2.45) is 0 Å². The molecule has 0 atom stereocenters. The second-order valence-corrected chi connectivity index (χ2v) is 6.22. The number of hydrogen-bond acceptors (Lipinski definition) is 3. The average molecular weight is 328 g/mol. The number of likely N-dealkylation sites (N-methyl/N-ethyl adjacent to an activating group) is 1. The molecule has 0 bridgehead atoms. The lowest BCUT2D eigenvalue weighted by Gasteiger charge is -2.33. The molecule has 0 unspecified atom stereocenters. The van der Waals surface area contributed by atoms with Gasteiger partial charge in [-0.2, -0.15) is 5.26 Å². The summed E-state index contributed by atoms with van der Waals surface area (Å²) in [5.74, 6) is -0.106. The number of amides is 3. The largest absolute Gasteiger partial charge is 0.343 e. The molecule has 0 aromatic heterocycles. The number of hydrogen-bond donors (Lipinski definition) is 2. The SMILES string of the molecule is CN(CCC#N)C(=O)C1(NC(=O)NCc2ccccc2)CCCC1. The van der Waals surface area contributed by atoms with Crippen molar-refractivity contribution in [1.29, 1.82) is 5.26 Å². The van der Waals surface area contributed by atoms with E-state index in [1.807, 2.05) is 36.4 Å². The molecule has 0 saturated heterocycles. The third-order valence-electron chi connectivity index (χ3n) is 4.42. The zero-order valence-electron chi connectivity index (χ0n) is 14.0. The van der Waals surface area contributed by atoms with Crippen molar-refractivity contribution >= 4 is 11.9 Å². The van der Waals surface area contributed by atoms with Gasteiger partial charge >= 0.3 is 6.03 Å². The molecule has 1 aromatic rings. The average Bonchev–Trinajstić information content (AvgIpc) is 3.07. The fraction of sp³-hybridized carbons (Fsp3) is 0.500. The number of urea groups is 1. The van der Waals surface area contributed by atoms with Crippen LogP contribution in [0.4, 0.5) is 4.79 Å². The van der Waals surface area contributed by atoms with Crippen molar-refractivity contribution < 1.29 is 9.59 Å². The van der Waals surface area contributed by atoms with Gasteiger partial charge in [-0.3, -0.25) is 4.79 Å². The van der Waals surface area contributed by atoms with E-state index >= 15 is 0 Å². The molecule has 1 aliphatic rings. The highest BCUT2D eigenvalue weighted by molar-refractivity contribution is 5.91. The van der Waals surface area contributed by atoms with Crippen LogP contribution in [-0.2, 0) is 11.3 Å². The summed E-state index contributed by atoms with van der Waals surface area (Å²) < 4.78 is 0. The zero-order valence-corrected chi connectivity index (χ0v) is 14.0. The Morgan fingerprint density at radius 1 is 1.25 bits per heavy atom. The molecule has 2 N–H and O–H groups in total. The fourth-order valence-corrected chi connectivity index (χ4v) is 3.10. The maximum atomic E-state index is 12.8. The van der Waals surface area contributed by atoms with Gasteiger partial charge in [0.1, 0.15) is 5.54 Å². The Bertz CT molecular complexity index is 603. The van der Waals surface area contributed by atoms with E-state index in [0.717, 1.165) is 18.4 Å². The Morgan fingerprint density at radius 3 is 2.54 bits per heavy atom. The normalized spacial score (nSPS) is 15.3.